The van der Waals surface area contributed by atoms with Crippen molar-refractivity contribution in [2.75, 3.05) is 19.0 Å². The van der Waals surface area contributed by atoms with E-state index < -0.39 is 23.8 Å². The van der Waals surface area contributed by atoms with E-state index in [9.17, 15) is 19.2 Å². The van der Waals surface area contributed by atoms with Gasteiger partial charge in [-0.05, 0) is 64.6 Å². The quantitative estimate of drug-likeness (QED) is 0.270. The molecule has 166 valence electrons. The first-order valence-corrected chi connectivity index (χ1v) is 10.6. The topological polar surface area (TPSA) is 123 Å². The fourth-order valence-electron chi connectivity index (χ4n) is 2.64. The minimum absolute atomic E-state index is 0.239. The summed E-state index contributed by atoms with van der Waals surface area (Å²) in [4.78, 5) is 47.2. The molecule has 12 heteroatoms. The van der Waals surface area contributed by atoms with Gasteiger partial charge in [0.1, 0.15) is 5.57 Å². The molecule has 32 heavy (non-hydrogen) atoms. The van der Waals surface area contributed by atoms with Crippen LogP contribution in [0, 0.1) is 3.57 Å². The molecule has 0 unspecified atom stereocenters. The monoisotopic (exact) mass is 589 g/mol. The summed E-state index contributed by atoms with van der Waals surface area (Å²) in [6, 6.07) is 6.94. The Hall–Kier alpha value is -2.83. The normalized spacial score (nSPS) is 13.2. The molecule has 1 aliphatic heterocycles. The molecule has 1 fully saturated rings. The smallest absolute Gasteiger partial charge is 0.328 e. The number of rotatable bonds is 6. The fraction of sp³-hybridized carbons (Fsp3) is 0.100. The Balaban J connectivity index is 1.75. The molecule has 0 saturated carbocycles. The minimum Gasteiger partial charge on any atom is -0.493 e. The highest BCUT2D eigenvalue weighted by Crippen LogP contribution is 2.35. The zero-order valence-electron chi connectivity index (χ0n) is 16.3. The van der Waals surface area contributed by atoms with E-state index in [4.69, 9.17) is 32.7 Å². The lowest BCUT2D eigenvalue weighted by atomic mass is 10.1. The number of anilines is 1. The van der Waals surface area contributed by atoms with Gasteiger partial charge in [-0.25, -0.2) is 4.79 Å². The zero-order chi connectivity index (χ0) is 23.4. The highest BCUT2D eigenvalue weighted by atomic mass is 127. The van der Waals surface area contributed by atoms with Crippen LogP contribution in [0.25, 0.3) is 6.08 Å². The fourth-order valence-corrected chi connectivity index (χ4v) is 3.72. The van der Waals surface area contributed by atoms with Gasteiger partial charge in [-0.1, -0.05) is 23.2 Å². The van der Waals surface area contributed by atoms with E-state index in [0.717, 1.165) is 0 Å². The summed E-state index contributed by atoms with van der Waals surface area (Å²) in [5.74, 6) is -1.49. The van der Waals surface area contributed by atoms with Crippen molar-refractivity contribution in [1.82, 2.24) is 10.6 Å². The molecule has 1 heterocycles. The molecule has 0 aliphatic carbocycles. The van der Waals surface area contributed by atoms with Crippen LogP contribution in [-0.2, 0) is 14.4 Å². The number of hydrogen-bond donors (Lipinski definition) is 3. The predicted octanol–water partition coefficient (Wildman–Crippen LogP) is 3.37. The van der Waals surface area contributed by atoms with Gasteiger partial charge < -0.3 is 14.8 Å². The van der Waals surface area contributed by atoms with Crippen LogP contribution >= 0.6 is 45.8 Å². The van der Waals surface area contributed by atoms with Crippen LogP contribution in [0.1, 0.15) is 5.56 Å². The average molecular weight is 590 g/mol. The van der Waals surface area contributed by atoms with E-state index in [1.165, 1.54) is 25.3 Å². The van der Waals surface area contributed by atoms with Crippen molar-refractivity contribution < 1.29 is 28.7 Å². The lowest BCUT2D eigenvalue weighted by Crippen LogP contribution is -2.51. The number of hydrogen-bond acceptors (Lipinski definition) is 6. The molecule has 5 amide bonds. The van der Waals surface area contributed by atoms with Gasteiger partial charge in [0, 0.05) is 5.69 Å². The molecule has 3 rings (SSSR count). The number of imide groups is 2. The highest BCUT2D eigenvalue weighted by Gasteiger charge is 2.28. The number of carbonyl (C=O) groups is 4. The van der Waals surface area contributed by atoms with Crippen molar-refractivity contribution in [3.05, 3.63) is 55.1 Å². The van der Waals surface area contributed by atoms with Crippen LogP contribution in [0.3, 0.4) is 0 Å². The number of barbiturate groups is 1. The predicted molar refractivity (Wildman–Crippen MR) is 126 cm³/mol. The van der Waals surface area contributed by atoms with Crippen LogP contribution in [0.4, 0.5) is 10.5 Å². The molecule has 0 radical (unpaired) electrons. The maximum Gasteiger partial charge on any atom is 0.328 e. The van der Waals surface area contributed by atoms with Crippen molar-refractivity contribution in [3.8, 4) is 11.5 Å². The molecule has 1 aliphatic rings. The van der Waals surface area contributed by atoms with E-state index in [2.05, 4.69) is 5.32 Å². The highest BCUT2D eigenvalue weighted by molar-refractivity contribution is 14.1. The second-order valence-corrected chi connectivity index (χ2v) is 8.27. The third-order valence-corrected chi connectivity index (χ3v) is 5.60. The first kappa shape index (κ1) is 23.8. The number of amides is 5. The van der Waals surface area contributed by atoms with Gasteiger partial charge in [-0.2, -0.15) is 0 Å². The van der Waals surface area contributed by atoms with E-state index in [1.54, 1.807) is 18.2 Å². The molecule has 0 spiro atoms. The number of methoxy groups -OCH3 is 1. The maximum atomic E-state index is 12.2. The van der Waals surface area contributed by atoms with E-state index in [1.807, 2.05) is 33.2 Å². The molecule has 0 bridgehead atoms. The van der Waals surface area contributed by atoms with Crippen LogP contribution < -0.4 is 25.4 Å². The summed E-state index contributed by atoms with van der Waals surface area (Å²) in [6.45, 7) is -0.319. The standard InChI is InChI=1S/C20H14Cl2IN3O6/c1-31-15-6-9(4-11-18(28)25-20(30)26-19(11)29)5-14(23)17(15)32-8-16(27)24-10-2-3-12(21)13(22)7-10/h2-7H,8H2,1H3,(H,24,27)(H2,25,26,28,29,30). The SMILES string of the molecule is COc1cc(C=C2C(=O)NC(=O)NC2=O)cc(I)c1OCC(=O)Nc1ccc(Cl)c(Cl)c1. The van der Waals surface area contributed by atoms with Crippen LogP contribution in [0.2, 0.25) is 10.0 Å². The van der Waals surface area contributed by atoms with E-state index >= 15 is 0 Å². The molecule has 0 atom stereocenters. The lowest BCUT2D eigenvalue weighted by molar-refractivity contribution is -0.124. The third-order valence-electron chi connectivity index (χ3n) is 4.06. The lowest BCUT2D eigenvalue weighted by Gasteiger charge is -2.16. The molecule has 1 saturated heterocycles. The summed E-state index contributed by atoms with van der Waals surface area (Å²) in [7, 11) is 1.41. The second kappa shape index (κ2) is 10.2. The van der Waals surface area contributed by atoms with Crippen molar-refractivity contribution in [3.63, 3.8) is 0 Å². The Kier molecular flexibility index (Phi) is 7.59. The number of nitrogens with one attached hydrogen (secondary N) is 3. The van der Waals surface area contributed by atoms with Gasteiger partial charge in [-0.3, -0.25) is 25.0 Å². The van der Waals surface area contributed by atoms with Crippen molar-refractivity contribution >= 4 is 81.3 Å². The van der Waals surface area contributed by atoms with Crippen LogP contribution in [0.15, 0.2) is 35.9 Å². The van der Waals surface area contributed by atoms with Gasteiger partial charge >= 0.3 is 6.03 Å². The molecule has 9 nitrogen and oxygen atoms in total. The first-order valence-electron chi connectivity index (χ1n) is 8.81. The minimum atomic E-state index is -0.882. The van der Waals surface area contributed by atoms with Crippen LogP contribution in [-0.4, -0.2) is 37.5 Å². The zero-order valence-corrected chi connectivity index (χ0v) is 19.9. The Labute approximate surface area is 205 Å². The largest absolute Gasteiger partial charge is 0.493 e. The first-order chi connectivity index (χ1) is 15.2. The maximum absolute atomic E-state index is 12.2. The summed E-state index contributed by atoms with van der Waals surface area (Å²) >= 11 is 13.8. The Morgan fingerprint density at radius 3 is 2.41 bits per heavy atom. The third kappa shape index (κ3) is 5.69. The van der Waals surface area contributed by atoms with E-state index in [-0.39, 0.29) is 17.9 Å². The molecule has 0 aromatic heterocycles. The molecular formula is C20H14Cl2IN3O6. The molecule has 3 N–H and O–H groups in total. The second-order valence-electron chi connectivity index (χ2n) is 6.30. The molecule has 2 aromatic rings. The van der Waals surface area contributed by atoms with Crippen molar-refractivity contribution in [2.45, 2.75) is 0 Å². The Morgan fingerprint density at radius 2 is 1.78 bits per heavy atom. The number of carbonyl (C=O) groups excluding carboxylic acids is 4. The van der Waals surface area contributed by atoms with E-state index in [0.29, 0.717) is 30.6 Å². The van der Waals surface area contributed by atoms with Crippen molar-refractivity contribution in [2.24, 2.45) is 0 Å². The van der Waals surface area contributed by atoms with Gasteiger partial charge in [0.05, 0.1) is 20.7 Å². The number of benzene rings is 2. The summed E-state index contributed by atoms with van der Waals surface area (Å²) in [5.41, 5.74) is 0.671. The van der Waals surface area contributed by atoms with Gasteiger partial charge in [-0.15, -0.1) is 0 Å². The number of ether oxygens (including phenoxy) is 2. The molecule has 2 aromatic carbocycles. The summed E-state index contributed by atoms with van der Waals surface area (Å²) < 4.78 is 11.5. The summed E-state index contributed by atoms with van der Waals surface area (Å²) in [6.07, 6.45) is 1.31. The molecular weight excluding hydrogens is 576 g/mol. The number of urea groups is 1. The average Bonchev–Trinajstić information content (AvgIpc) is 2.72. The van der Waals surface area contributed by atoms with Crippen molar-refractivity contribution in [1.29, 1.82) is 0 Å². The van der Waals surface area contributed by atoms with Gasteiger partial charge in [0.25, 0.3) is 17.7 Å². The van der Waals surface area contributed by atoms with Gasteiger partial charge in [0.2, 0.25) is 0 Å². The Morgan fingerprint density at radius 1 is 1.09 bits per heavy atom. The van der Waals surface area contributed by atoms with Crippen LogP contribution in [0.5, 0.6) is 11.5 Å². The summed E-state index contributed by atoms with van der Waals surface area (Å²) in [5, 5.41) is 7.30. The number of halogens is 3. The van der Waals surface area contributed by atoms with Gasteiger partial charge in [0.15, 0.2) is 18.1 Å². The Bertz CT molecular complexity index is 1150.